The number of nitrogens with zero attached hydrogens (tertiary/aromatic N) is 3. The summed E-state index contributed by atoms with van der Waals surface area (Å²) in [5, 5.41) is 11.6. The van der Waals surface area contributed by atoms with Gasteiger partial charge >= 0.3 is 0 Å². The Kier molecular flexibility index (Phi) is 5.71. The van der Waals surface area contributed by atoms with E-state index in [1.807, 2.05) is 6.07 Å². The number of anilines is 2. The molecule has 7 heteroatoms. The first kappa shape index (κ1) is 17.5. The fourth-order valence-electron chi connectivity index (χ4n) is 2.88. The van der Waals surface area contributed by atoms with Gasteiger partial charge in [-0.3, -0.25) is 4.79 Å². The maximum Gasteiger partial charge on any atom is 0.276 e. The van der Waals surface area contributed by atoms with E-state index >= 15 is 0 Å². The van der Waals surface area contributed by atoms with Crippen LogP contribution in [0.5, 0.6) is 5.75 Å². The summed E-state index contributed by atoms with van der Waals surface area (Å²) in [6.45, 7) is 1.97. The summed E-state index contributed by atoms with van der Waals surface area (Å²) in [7, 11) is 1.54. The average molecular weight is 361 g/mol. The van der Waals surface area contributed by atoms with Crippen LogP contribution < -0.4 is 15.0 Å². The third-order valence-corrected chi connectivity index (χ3v) is 4.46. The molecule has 1 aromatic carbocycles. The van der Waals surface area contributed by atoms with E-state index < -0.39 is 0 Å². The van der Waals surface area contributed by atoms with E-state index in [9.17, 15) is 4.79 Å². The average Bonchev–Trinajstić information content (AvgIpc) is 2.91. The maximum atomic E-state index is 12.4. The summed E-state index contributed by atoms with van der Waals surface area (Å²) in [5.41, 5.74) is 0.749. The highest BCUT2D eigenvalue weighted by atomic mass is 35.5. The predicted octanol–water partition coefficient (Wildman–Crippen LogP) is 3.77. The lowest BCUT2D eigenvalue weighted by atomic mass is 10.2. The zero-order valence-corrected chi connectivity index (χ0v) is 14.9. The van der Waals surface area contributed by atoms with Gasteiger partial charge < -0.3 is 15.0 Å². The zero-order valence-electron chi connectivity index (χ0n) is 14.2. The van der Waals surface area contributed by atoms with Crippen molar-refractivity contribution in [2.45, 2.75) is 25.7 Å². The van der Waals surface area contributed by atoms with Crippen molar-refractivity contribution in [3.05, 3.63) is 41.0 Å². The third kappa shape index (κ3) is 4.39. The summed E-state index contributed by atoms with van der Waals surface area (Å²) in [5.74, 6) is 1.00. The molecule has 1 N–H and O–H groups in total. The van der Waals surface area contributed by atoms with Gasteiger partial charge in [-0.15, -0.1) is 10.2 Å². The Labute approximate surface area is 152 Å². The zero-order chi connectivity index (χ0) is 17.6. The summed E-state index contributed by atoms with van der Waals surface area (Å²) in [6.07, 6.45) is 4.84. The largest absolute Gasteiger partial charge is 0.495 e. The van der Waals surface area contributed by atoms with E-state index in [2.05, 4.69) is 20.4 Å². The Morgan fingerprint density at radius 1 is 1.12 bits per heavy atom. The molecule has 0 spiro atoms. The molecule has 6 nitrogen and oxygen atoms in total. The van der Waals surface area contributed by atoms with Crippen molar-refractivity contribution in [3.8, 4) is 5.75 Å². The van der Waals surface area contributed by atoms with Crippen molar-refractivity contribution in [2.24, 2.45) is 0 Å². The van der Waals surface area contributed by atoms with E-state index in [1.54, 1.807) is 24.3 Å². The summed E-state index contributed by atoms with van der Waals surface area (Å²) < 4.78 is 5.23. The van der Waals surface area contributed by atoms with Gasteiger partial charge in [0.25, 0.3) is 5.91 Å². The molecule has 1 aromatic heterocycles. The SMILES string of the molecule is COc1ccc(Cl)cc1NC(=O)c1ccc(N2CCCCCC2)nn1. The lowest BCUT2D eigenvalue weighted by Gasteiger charge is -2.20. The van der Waals surface area contributed by atoms with E-state index in [-0.39, 0.29) is 11.6 Å². The van der Waals surface area contributed by atoms with Gasteiger partial charge in [-0.1, -0.05) is 24.4 Å². The number of benzene rings is 1. The molecule has 1 aliphatic rings. The van der Waals surface area contributed by atoms with Crippen LogP contribution in [0, 0.1) is 0 Å². The minimum atomic E-state index is -0.351. The van der Waals surface area contributed by atoms with Crippen molar-refractivity contribution in [2.75, 3.05) is 30.4 Å². The number of carbonyl (C=O) groups excluding carboxylic acids is 1. The molecule has 3 rings (SSSR count). The minimum absolute atomic E-state index is 0.251. The first-order valence-electron chi connectivity index (χ1n) is 8.41. The Morgan fingerprint density at radius 3 is 2.52 bits per heavy atom. The summed E-state index contributed by atoms with van der Waals surface area (Å²) in [4.78, 5) is 14.6. The molecule has 0 radical (unpaired) electrons. The van der Waals surface area contributed by atoms with Gasteiger partial charge in [0.2, 0.25) is 0 Å². The Balaban J connectivity index is 1.71. The van der Waals surface area contributed by atoms with Gasteiger partial charge in [0, 0.05) is 18.1 Å². The third-order valence-electron chi connectivity index (χ3n) is 4.22. The molecule has 25 heavy (non-hydrogen) atoms. The molecular weight excluding hydrogens is 340 g/mol. The smallest absolute Gasteiger partial charge is 0.276 e. The van der Waals surface area contributed by atoms with Crippen LogP contribution in [0.15, 0.2) is 30.3 Å². The van der Waals surface area contributed by atoms with Crippen molar-refractivity contribution >= 4 is 29.0 Å². The van der Waals surface area contributed by atoms with Crippen molar-refractivity contribution in [3.63, 3.8) is 0 Å². The molecule has 1 amide bonds. The van der Waals surface area contributed by atoms with Crippen molar-refractivity contribution in [1.82, 2.24) is 10.2 Å². The van der Waals surface area contributed by atoms with Gasteiger partial charge in [-0.2, -0.15) is 0 Å². The molecule has 1 saturated heterocycles. The Morgan fingerprint density at radius 2 is 1.88 bits per heavy atom. The normalized spacial score (nSPS) is 14.7. The fourth-order valence-corrected chi connectivity index (χ4v) is 3.05. The van der Waals surface area contributed by atoms with Gasteiger partial charge in [0.05, 0.1) is 12.8 Å². The predicted molar refractivity (Wildman–Crippen MR) is 98.7 cm³/mol. The molecule has 0 aliphatic carbocycles. The van der Waals surface area contributed by atoms with E-state index in [0.717, 1.165) is 18.9 Å². The molecule has 132 valence electrons. The maximum absolute atomic E-state index is 12.4. The standard InChI is InChI=1S/C18H21ClN4O2/c1-25-16-8-6-13(19)12-15(16)20-18(24)14-7-9-17(22-21-14)23-10-4-2-3-5-11-23/h6-9,12H,2-5,10-11H2,1H3,(H,20,24). The van der Waals surface area contributed by atoms with Crippen LogP contribution >= 0.6 is 11.6 Å². The first-order chi connectivity index (χ1) is 12.2. The molecule has 2 aromatic rings. The first-order valence-corrected chi connectivity index (χ1v) is 8.79. The molecule has 0 unspecified atom stereocenters. The Bertz CT molecular complexity index is 728. The van der Waals surface area contributed by atoms with Gasteiger partial charge in [0.15, 0.2) is 11.5 Å². The number of ether oxygens (including phenoxy) is 1. The summed E-state index contributed by atoms with van der Waals surface area (Å²) >= 11 is 5.98. The number of carbonyl (C=O) groups is 1. The number of hydrogen-bond donors (Lipinski definition) is 1. The second-order valence-electron chi connectivity index (χ2n) is 5.98. The molecule has 0 atom stereocenters. The van der Waals surface area contributed by atoms with Crippen molar-refractivity contribution < 1.29 is 9.53 Å². The van der Waals surface area contributed by atoms with Crippen LogP contribution in [0.2, 0.25) is 5.02 Å². The number of hydrogen-bond acceptors (Lipinski definition) is 5. The summed E-state index contributed by atoms with van der Waals surface area (Å²) in [6, 6.07) is 8.58. The van der Waals surface area contributed by atoms with Gasteiger partial charge in [0.1, 0.15) is 5.75 Å². The van der Waals surface area contributed by atoms with E-state index in [1.165, 1.54) is 32.8 Å². The van der Waals surface area contributed by atoms with Crippen LogP contribution in [-0.2, 0) is 0 Å². The highest BCUT2D eigenvalue weighted by Gasteiger charge is 2.15. The lowest BCUT2D eigenvalue weighted by molar-refractivity contribution is 0.102. The van der Waals surface area contributed by atoms with Crippen molar-refractivity contribution in [1.29, 1.82) is 0 Å². The van der Waals surface area contributed by atoms with Crippen LogP contribution in [-0.4, -0.2) is 36.3 Å². The molecular formula is C18H21ClN4O2. The highest BCUT2D eigenvalue weighted by molar-refractivity contribution is 6.31. The molecule has 0 bridgehead atoms. The van der Waals surface area contributed by atoms with Gasteiger partial charge in [-0.05, 0) is 43.2 Å². The van der Waals surface area contributed by atoms with Crippen LogP contribution in [0.1, 0.15) is 36.2 Å². The lowest BCUT2D eigenvalue weighted by Crippen LogP contribution is -2.25. The number of halogens is 1. The monoisotopic (exact) mass is 360 g/mol. The molecule has 2 heterocycles. The number of nitrogens with one attached hydrogen (secondary N) is 1. The second kappa shape index (κ2) is 8.16. The van der Waals surface area contributed by atoms with E-state index in [0.29, 0.717) is 16.5 Å². The van der Waals surface area contributed by atoms with Gasteiger partial charge in [-0.25, -0.2) is 0 Å². The second-order valence-corrected chi connectivity index (χ2v) is 6.41. The fraction of sp³-hybridized carbons (Fsp3) is 0.389. The number of aromatic nitrogens is 2. The number of methoxy groups -OCH3 is 1. The minimum Gasteiger partial charge on any atom is -0.495 e. The quantitative estimate of drug-likeness (QED) is 0.898. The topological polar surface area (TPSA) is 67.3 Å². The highest BCUT2D eigenvalue weighted by Crippen LogP contribution is 2.28. The molecule has 1 aliphatic heterocycles. The Hall–Kier alpha value is -2.34. The van der Waals surface area contributed by atoms with E-state index in [4.69, 9.17) is 16.3 Å². The molecule has 0 saturated carbocycles. The molecule has 1 fully saturated rings. The number of rotatable bonds is 4. The van der Waals surface area contributed by atoms with Crippen LogP contribution in [0.4, 0.5) is 11.5 Å². The van der Waals surface area contributed by atoms with Crippen LogP contribution in [0.3, 0.4) is 0 Å². The number of amides is 1. The van der Waals surface area contributed by atoms with Crippen LogP contribution in [0.25, 0.3) is 0 Å².